The van der Waals surface area contributed by atoms with Crippen LogP contribution in [0.25, 0.3) is 0 Å². The van der Waals surface area contributed by atoms with Gasteiger partial charge in [0.25, 0.3) is 0 Å². The maximum absolute atomic E-state index is 14.0. The zero-order valence-electron chi connectivity index (χ0n) is 20.6. The first-order valence-electron chi connectivity index (χ1n) is 11.7. The van der Waals surface area contributed by atoms with Gasteiger partial charge in [-0.15, -0.1) is 0 Å². The third kappa shape index (κ3) is 3.38. The van der Waals surface area contributed by atoms with Gasteiger partial charge in [-0.2, -0.15) is 0 Å². The summed E-state index contributed by atoms with van der Waals surface area (Å²) >= 11 is 2.99. The maximum atomic E-state index is 14.0. The summed E-state index contributed by atoms with van der Waals surface area (Å²) in [5.41, 5.74) is -7.97. The van der Waals surface area contributed by atoms with Gasteiger partial charge in [-0.25, -0.2) is 0 Å². The van der Waals surface area contributed by atoms with Crippen LogP contribution < -0.4 is 0 Å². The summed E-state index contributed by atoms with van der Waals surface area (Å²) in [6, 6.07) is 14.8. The van der Waals surface area contributed by atoms with E-state index >= 15 is 0 Å². The Morgan fingerprint density at radius 3 is 1.68 bits per heavy atom. The molecule has 4 atom stereocenters. The molecule has 1 aliphatic rings. The molecule has 7 nitrogen and oxygen atoms in total. The molecule has 1 unspecified atom stereocenters. The number of benzene rings is 3. The van der Waals surface area contributed by atoms with E-state index in [0.29, 0.717) is 0 Å². The second-order valence-electron chi connectivity index (χ2n) is 7.68. The van der Waals surface area contributed by atoms with E-state index in [2.05, 4.69) is 15.9 Å². The average molecular weight is 528 g/mol. The van der Waals surface area contributed by atoms with E-state index in [0.717, 1.165) is 6.07 Å². The maximum Gasteiger partial charge on any atom is 0.225 e. The van der Waals surface area contributed by atoms with Crippen LogP contribution in [0, 0.1) is 0 Å². The molecule has 0 bridgehead atoms. The molecule has 0 saturated carbocycles. The van der Waals surface area contributed by atoms with Gasteiger partial charge in [0.2, 0.25) is 27.5 Å². The lowest BCUT2D eigenvalue weighted by molar-refractivity contribution is -0.0966. The second-order valence-corrected chi connectivity index (χ2v) is 8.79. The fourth-order valence-corrected chi connectivity index (χ4v) is 4.96. The second kappa shape index (κ2) is 8.98. The monoisotopic (exact) mass is 527 g/mol. The van der Waals surface area contributed by atoms with Gasteiger partial charge in [0, 0.05) is 16.7 Å². The highest BCUT2D eigenvalue weighted by Gasteiger charge is 2.81. The zero-order chi connectivity index (χ0) is 27.2. The van der Waals surface area contributed by atoms with Crippen LogP contribution in [0.2, 0.25) is 0 Å². The molecule has 0 aromatic heterocycles. The number of carbonyl (C=O) groups excluding carboxylic acids is 3. The van der Waals surface area contributed by atoms with E-state index in [9.17, 15) is 29.7 Å². The molecule has 4 rings (SSSR count). The van der Waals surface area contributed by atoms with Crippen LogP contribution in [0.1, 0.15) is 35.2 Å². The SMILES string of the molecule is [2H]c1ccccc1C(=O)C1(Br)O[C@H](CO)[C@](O)(C(=O)c2ccccc2[2H])[C@]1(O)C(=O)c1ccccc1[2H]. The van der Waals surface area contributed by atoms with Crippen molar-refractivity contribution in [3.8, 4) is 0 Å². The number of hydrogen-bond acceptors (Lipinski definition) is 7. The number of aliphatic hydroxyl groups excluding tert-OH is 1. The molecule has 174 valence electrons. The van der Waals surface area contributed by atoms with Crippen LogP contribution in [0.4, 0.5) is 0 Å². The smallest absolute Gasteiger partial charge is 0.225 e. The van der Waals surface area contributed by atoms with Crippen molar-refractivity contribution in [1.29, 1.82) is 0 Å². The lowest BCUT2D eigenvalue weighted by Crippen LogP contribution is -2.71. The number of ether oxygens (including phenoxy) is 1. The van der Waals surface area contributed by atoms with Crippen LogP contribution in [0.15, 0.2) is 90.9 Å². The van der Waals surface area contributed by atoms with Crippen molar-refractivity contribution in [2.75, 3.05) is 6.61 Å². The van der Waals surface area contributed by atoms with Crippen LogP contribution in [0.5, 0.6) is 0 Å². The Kier molecular flexibility index (Phi) is 5.38. The predicted molar refractivity (Wildman–Crippen MR) is 126 cm³/mol. The first kappa shape index (κ1) is 20.4. The van der Waals surface area contributed by atoms with Gasteiger partial charge >= 0.3 is 0 Å². The first-order valence-corrected chi connectivity index (χ1v) is 11.0. The molecule has 0 aliphatic carbocycles. The van der Waals surface area contributed by atoms with Gasteiger partial charge in [0.05, 0.1) is 10.7 Å². The van der Waals surface area contributed by atoms with Gasteiger partial charge < -0.3 is 20.1 Å². The minimum Gasteiger partial charge on any atom is -0.394 e. The number of rotatable bonds is 7. The van der Waals surface area contributed by atoms with Crippen molar-refractivity contribution in [2.45, 2.75) is 21.8 Å². The lowest BCUT2D eigenvalue weighted by atomic mass is 9.68. The highest BCUT2D eigenvalue weighted by atomic mass is 79.9. The van der Waals surface area contributed by atoms with Gasteiger partial charge in [-0.05, 0) is 15.9 Å². The Balaban J connectivity index is 2.04. The number of aliphatic hydroxyl groups is 3. The predicted octanol–water partition coefficient (Wildman–Crippen LogP) is 2.58. The third-order valence-electron chi connectivity index (χ3n) is 5.78. The fourth-order valence-electron chi connectivity index (χ4n) is 4.04. The minimum absolute atomic E-state index is 0.301. The molecule has 34 heavy (non-hydrogen) atoms. The van der Waals surface area contributed by atoms with Crippen LogP contribution in [-0.2, 0) is 4.74 Å². The number of Topliss-reactive ketones (excluding diaryl/α,β-unsaturated/α-hetero) is 3. The van der Waals surface area contributed by atoms with Crippen LogP contribution in [0.3, 0.4) is 0 Å². The summed E-state index contributed by atoms with van der Waals surface area (Å²) in [6.45, 7) is -1.12. The van der Waals surface area contributed by atoms with Crippen molar-refractivity contribution >= 4 is 33.3 Å². The van der Waals surface area contributed by atoms with Crippen molar-refractivity contribution in [2.24, 2.45) is 0 Å². The molecular weight excluding hydrogens is 504 g/mol. The molecule has 3 aromatic rings. The van der Waals surface area contributed by atoms with Crippen molar-refractivity contribution in [3.63, 3.8) is 0 Å². The third-order valence-corrected chi connectivity index (χ3v) is 6.90. The minimum atomic E-state index is -3.47. The summed E-state index contributed by atoms with van der Waals surface area (Å²) in [5, 5.41) is 34.3. The summed E-state index contributed by atoms with van der Waals surface area (Å²) in [7, 11) is 0. The van der Waals surface area contributed by atoms with Gasteiger partial charge in [0.1, 0.15) is 6.10 Å². The van der Waals surface area contributed by atoms with Gasteiger partial charge in [-0.3, -0.25) is 14.4 Å². The average Bonchev–Trinajstić information content (AvgIpc) is 3.08. The van der Waals surface area contributed by atoms with Crippen molar-refractivity contribution < 1.29 is 38.6 Å². The molecule has 3 N–H and O–H groups in total. The molecule has 0 spiro atoms. The van der Waals surface area contributed by atoms with Gasteiger partial charge in [0.15, 0.2) is 5.60 Å². The molecular formula is C26H21BrO7. The number of carbonyl (C=O) groups is 3. The summed E-state index contributed by atoms with van der Waals surface area (Å²) in [6.07, 6.45) is -2.03. The van der Waals surface area contributed by atoms with Crippen LogP contribution in [-0.4, -0.2) is 61.1 Å². The summed E-state index contributed by atoms with van der Waals surface area (Å²) in [5.74, 6) is -3.96. The Morgan fingerprint density at radius 1 is 0.794 bits per heavy atom. The standard InChI is InChI=1S/C26H21BrO7/c27-26(23(31)19-14-8-3-9-15-19)25(33,22(30)18-12-6-2-7-13-18)24(32,20(16-28)34-26)21(29)17-10-4-1-5-11-17/h1-15,20,28,32-33H,16H2/t20-,24+,25-,26?/m1/s1/i10D,12D,14D. The topological polar surface area (TPSA) is 121 Å². The Hall–Kier alpha value is -3.01. The van der Waals surface area contributed by atoms with E-state index in [1.807, 2.05) is 0 Å². The number of ketones is 3. The molecule has 1 saturated heterocycles. The number of halogens is 1. The summed E-state index contributed by atoms with van der Waals surface area (Å²) in [4.78, 5) is 41.6. The van der Waals surface area contributed by atoms with Gasteiger partial charge in [-0.1, -0.05) is 90.9 Å². The zero-order valence-corrected chi connectivity index (χ0v) is 19.2. The van der Waals surface area contributed by atoms with Crippen molar-refractivity contribution in [1.82, 2.24) is 0 Å². The molecule has 0 amide bonds. The Morgan fingerprint density at radius 2 is 1.24 bits per heavy atom. The highest BCUT2D eigenvalue weighted by Crippen LogP contribution is 2.54. The Bertz CT molecular complexity index is 1420. The highest BCUT2D eigenvalue weighted by molar-refractivity contribution is 9.10. The van der Waals surface area contributed by atoms with Crippen LogP contribution >= 0.6 is 15.9 Å². The normalized spacial score (nSPS) is 29.6. The first-order chi connectivity index (χ1) is 17.4. The van der Waals surface area contributed by atoms with Crippen molar-refractivity contribution in [3.05, 3.63) is 108 Å². The molecule has 8 heteroatoms. The van der Waals surface area contributed by atoms with E-state index in [4.69, 9.17) is 8.85 Å². The number of alkyl halides is 1. The van der Waals surface area contributed by atoms with E-state index < -0.39 is 56.9 Å². The Labute approximate surface area is 208 Å². The summed E-state index contributed by atoms with van der Waals surface area (Å²) < 4.78 is 27.2. The quantitative estimate of drug-likeness (QED) is 0.319. The largest absolute Gasteiger partial charge is 0.394 e. The molecule has 0 radical (unpaired) electrons. The lowest BCUT2D eigenvalue weighted by Gasteiger charge is -2.40. The molecule has 3 aromatic carbocycles. The molecule has 1 aliphatic heterocycles. The molecule has 1 fully saturated rings. The van der Waals surface area contributed by atoms with E-state index in [-0.39, 0.29) is 23.7 Å². The molecule has 1 heterocycles. The number of hydrogen-bond donors (Lipinski definition) is 3. The van der Waals surface area contributed by atoms with E-state index in [1.165, 1.54) is 66.7 Å². The van der Waals surface area contributed by atoms with E-state index in [1.54, 1.807) is 0 Å². The fraction of sp³-hybridized carbons (Fsp3) is 0.192.